The Balaban J connectivity index is 2.04. The van der Waals surface area contributed by atoms with Crippen LogP contribution in [0.15, 0.2) is 0 Å². The molecule has 0 heterocycles. The second-order valence-corrected chi connectivity index (χ2v) is 4.35. The van der Waals surface area contributed by atoms with Gasteiger partial charge in [-0.05, 0) is 31.1 Å². The first-order chi connectivity index (χ1) is 6.22. The molecule has 0 aromatic carbocycles. The van der Waals surface area contributed by atoms with Gasteiger partial charge in [0.1, 0.15) is 0 Å². The molecule has 2 saturated carbocycles. The van der Waals surface area contributed by atoms with E-state index >= 15 is 0 Å². The van der Waals surface area contributed by atoms with Gasteiger partial charge in [0.05, 0.1) is 6.00 Å². The largest absolute Gasteiger partial charge is 0.465 e. The van der Waals surface area contributed by atoms with Crippen molar-refractivity contribution in [2.45, 2.75) is 31.7 Å². The highest BCUT2D eigenvalue weighted by atomic mass is 35.5. The molecule has 0 spiro atoms. The summed E-state index contributed by atoms with van der Waals surface area (Å²) in [5.41, 5.74) is 0. The molecule has 1 N–H and O–H groups in total. The van der Waals surface area contributed by atoms with Crippen LogP contribution in [0.1, 0.15) is 25.7 Å². The number of hydrogen-bond acceptors (Lipinski definition) is 1. The van der Waals surface area contributed by atoms with Crippen LogP contribution >= 0.6 is 11.6 Å². The van der Waals surface area contributed by atoms with Gasteiger partial charge in [0, 0.05) is 6.04 Å². The zero-order valence-corrected chi connectivity index (χ0v) is 8.20. The zero-order chi connectivity index (χ0) is 9.42. The number of carbonyl (C=O) groups is 1. The summed E-state index contributed by atoms with van der Waals surface area (Å²) in [6.07, 6.45) is 3.86. The van der Waals surface area contributed by atoms with Crippen molar-refractivity contribution in [3.8, 4) is 0 Å². The molecule has 0 unspecified atom stereocenters. The lowest BCUT2D eigenvalue weighted by Gasteiger charge is -2.30. The summed E-state index contributed by atoms with van der Waals surface area (Å²) >= 11 is 5.62. The monoisotopic (exact) mass is 203 g/mol. The van der Waals surface area contributed by atoms with Gasteiger partial charge in [0.2, 0.25) is 0 Å². The van der Waals surface area contributed by atoms with Gasteiger partial charge in [-0.25, -0.2) is 4.79 Å². The summed E-state index contributed by atoms with van der Waals surface area (Å²) in [7, 11) is 0. The Morgan fingerprint density at radius 2 is 2.23 bits per heavy atom. The SMILES string of the molecule is O=C(O)N(CCl)[C@H]1C[C@@H]2CC[C@@H]1C2. The molecule has 2 fully saturated rings. The third-order valence-corrected chi connectivity index (χ3v) is 3.73. The molecule has 0 aromatic rings. The summed E-state index contributed by atoms with van der Waals surface area (Å²) in [5.74, 6) is 1.35. The molecule has 0 saturated heterocycles. The average Bonchev–Trinajstić information content (AvgIpc) is 2.65. The van der Waals surface area contributed by atoms with Crippen molar-refractivity contribution in [2.24, 2.45) is 11.8 Å². The Labute approximate surface area is 82.7 Å². The van der Waals surface area contributed by atoms with E-state index in [0.717, 1.165) is 12.3 Å². The Morgan fingerprint density at radius 3 is 2.62 bits per heavy atom. The second-order valence-electron chi connectivity index (χ2n) is 4.11. The van der Waals surface area contributed by atoms with Gasteiger partial charge in [0.25, 0.3) is 0 Å². The molecule has 3 nitrogen and oxygen atoms in total. The first kappa shape index (κ1) is 9.13. The van der Waals surface area contributed by atoms with Crippen molar-refractivity contribution in [3.05, 3.63) is 0 Å². The van der Waals surface area contributed by atoms with Gasteiger partial charge in [-0.3, -0.25) is 4.90 Å². The van der Waals surface area contributed by atoms with Crippen LogP contribution in [-0.4, -0.2) is 28.1 Å². The topological polar surface area (TPSA) is 40.5 Å². The fourth-order valence-corrected chi connectivity index (χ4v) is 3.15. The van der Waals surface area contributed by atoms with Gasteiger partial charge in [-0.2, -0.15) is 0 Å². The quantitative estimate of drug-likeness (QED) is 0.553. The highest BCUT2D eigenvalue weighted by molar-refractivity contribution is 6.18. The molecule has 2 aliphatic rings. The van der Waals surface area contributed by atoms with E-state index in [2.05, 4.69) is 0 Å². The van der Waals surface area contributed by atoms with E-state index in [4.69, 9.17) is 16.7 Å². The molecule has 74 valence electrons. The predicted molar refractivity (Wildman–Crippen MR) is 49.8 cm³/mol. The molecule has 2 rings (SSSR count). The lowest BCUT2D eigenvalue weighted by atomic mass is 9.94. The summed E-state index contributed by atoms with van der Waals surface area (Å²) in [5, 5.41) is 8.90. The molecule has 0 radical (unpaired) electrons. The lowest BCUT2D eigenvalue weighted by Crippen LogP contribution is -2.41. The average molecular weight is 204 g/mol. The highest BCUT2D eigenvalue weighted by Crippen LogP contribution is 2.46. The number of amides is 1. The molecule has 0 aliphatic heterocycles. The van der Waals surface area contributed by atoms with E-state index in [1.807, 2.05) is 0 Å². The summed E-state index contributed by atoms with van der Waals surface area (Å²) in [4.78, 5) is 12.2. The van der Waals surface area contributed by atoms with Crippen molar-refractivity contribution in [1.29, 1.82) is 0 Å². The second kappa shape index (κ2) is 3.37. The standard InChI is InChI=1S/C9H14ClNO2/c10-5-11(9(12)13)8-4-6-1-2-7(8)3-6/h6-8H,1-5H2,(H,12,13)/t6-,7-,8+/m1/s1. The number of carboxylic acid groups (broad SMARTS) is 1. The predicted octanol–water partition coefficient (Wildman–Crippen LogP) is 2.35. The minimum atomic E-state index is -0.868. The molecular formula is C9H14ClNO2. The first-order valence-electron chi connectivity index (χ1n) is 4.78. The normalized spacial score (nSPS) is 36.5. The van der Waals surface area contributed by atoms with Gasteiger partial charge in [-0.15, -0.1) is 11.6 Å². The van der Waals surface area contributed by atoms with Crippen LogP contribution < -0.4 is 0 Å². The minimum absolute atomic E-state index is 0.114. The maximum atomic E-state index is 10.8. The first-order valence-corrected chi connectivity index (χ1v) is 5.31. The Bertz CT molecular complexity index is 222. The Hall–Kier alpha value is -0.440. The minimum Gasteiger partial charge on any atom is -0.465 e. The van der Waals surface area contributed by atoms with E-state index in [0.29, 0.717) is 5.92 Å². The molecular weight excluding hydrogens is 190 g/mol. The summed E-state index contributed by atoms with van der Waals surface area (Å²) < 4.78 is 0. The van der Waals surface area contributed by atoms with Crippen LogP contribution in [0, 0.1) is 11.8 Å². The van der Waals surface area contributed by atoms with Crippen molar-refractivity contribution in [2.75, 3.05) is 6.00 Å². The highest BCUT2D eigenvalue weighted by Gasteiger charge is 2.43. The van der Waals surface area contributed by atoms with E-state index in [1.54, 1.807) is 0 Å². The van der Waals surface area contributed by atoms with Gasteiger partial charge in [0.15, 0.2) is 0 Å². The van der Waals surface area contributed by atoms with E-state index in [1.165, 1.54) is 24.2 Å². The molecule has 13 heavy (non-hydrogen) atoms. The molecule has 2 bridgehead atoms. The van der Waals surface area contributed by atoms with Crippen LogP contribution in [-0.2, 0) is 0 Å². The molecule has 1 amide bonds. The van der Waals surface area contributed by atoms with E-state index < -0.39 is 6.09 Å². The van der Waals surface area contributed by atoms with Gasteiger partial charge < -0.3 is 5.11 Å². The molecule has 4 heteroatoms. The van der Waals surface area contributed by atoms with Crippen LogP contribution in [0.2, 0.25) is 0 Å². The molecule has 0 aromatic heterocycles. The Morgan fingerprint density at radius 1 is 1.46 bits per heavy atom. The van der Waals surface area contributed by atoms with Crippen molar-refractivity contribution < 1.29 is 9.90 Å². The van der Waals surface area contributed by atoms with Crippen LogP contribution in [0.25, 0.3) is 0 Å². The van der Waals surface area contributed by atoms with Crippen molar-refractivity contribution in [1.82, 2.24) is 4.90 Å². The summed E-state index contributed by atoms with van der Waals surface area (Å²) in [6.45, 7) is 0. The van der Waals surface area contributed by atoms with Gasteiger partial charge in [-0.1, -0.05) is 6.42 Å². The molecule has 2 aliphatic carbocycles. The zero-order valence-electron chi connectivity index (χ0n) is 7.45. The van der Waals surface area contributed by atoms with Crippen molar-refractivity contribution in [3.63, 3.8) is 0 Å². The number of nitrogens with zero attached hydrogens (tertiary/aromatic N) is 1. The van der Waals surface area contributed by atoms with Crippen LogP contribution in [0.5, 0.6) is 0 Å². The third-order valence-electron chi connectivity index (χ3n) is 3.48. The number of hydrogen-bond donors (Lipinski definition) is 1. The Kier molecular flexibility index (Phi) is 2.37. The van der Waals surface area contributed by atoms with Gasteiger partial charge >= 0.3 is 6.09 Å². The van der Waals surface area contributed by atoms with Crippen LogP contribution in [0.4, 0.5) is 4.79 Å². The third kappa shape index (κ3) is 1.50. The van der Waals surface area contributed by atoms with Crippen LogP contribution in [0.3, 0.4) is 0 Å². The number of alkyl halides is 1. The summed E-state index contributed by atoms with van der Waals surface area (Å²) in [6, 6.07) is 0.317. The maximum Gasteiger partial charge on any atom is 0.408 e. The van der Waals surface area contributed by atoms with Crippen molar-refractivity contribution >= 4 is 17.7 Å². The van der Waals surface area contributed by atoms with E-state index in [-0.39, 0.29) is 12.0 Å². The smallest absolute Gasteiger partial charge is 0.408 e. The number of rotatable bonds is 2. The number of fused-ring (bicyclic) bond motifs is 2. The van der Waals surface area contributed by atoms with E-state index in [9.17, 15) is 4.79 Å². The maximum absolute atomic E-state index is 10.8. The molecule has 3 atom stereocenters. The number of halogens is 1. The lowest BCUT2D eigenvalue weighted by molar-refractivity contribution is 0.116. The fourth-order valence-electron chi connectivity index (χ4n) is 2.87. The fraction of sp³-hybridized carbons (Fsp3) is 0.889.